The van der Waals surface area contributed by atoms with Gasteiger partial charge in [-0.2, -0.15) is 0 Å². The maximum absolute atomic E-state index is 5.76. The molecule has 0 radical (unpaired) electrons. The van der Waals surface area contributed by atoms with Crippen LogP contribution >= 0.6 is 11.3 Å². The van der Waals surface area contributed by atoms with Crippen LogP contribution in [0, 0.1) is 0 Å². The van der Waals surface area contributed by atoms with Gasteiger partial charge in [0.1, 0.15) is 11.5 Å². The summed E-state index contributed by atoms with van der Waals surface area (Å²) in [4.78, 5) is 1.48. The Kier molecular flexibility index (Phi) is 17.0. The Labute approximate surface area is 314 Å². The van der Waals surface area contributed by atoms with E-state index in [1.807, 2.05) is 65.9 Å². The summed E-state index contributed by atoms with van der Waals surface area (Å²) in [5.41, 5.74) is 5.68. The van der Waals surface area contributed by atoms with E-state index in [0.29, 0.717) is 23.9 Å². The summed E-state index contributed by atoms with van der Waals surface area (Å²) in [6.45, 7) is 24.3. The van der Waals surface area contributed by atoms with E-state index >= 15 is 0 Å². The number of thiophene rings is 1. The Hall–Kier alpha value is -3.86. The van der Waals surface area contributed by atoms with E-state index in [-0.39, 0.29) is 5.41 Å². The highest BCUT2D eigenvalue weighted by atomic mass is 32.1. The van der Waals surface area contributed by atoms with Crippen molar-refractivity contribution in [2.45, 2.75) is 124 Å². The number of para-hydroxylation sites is 1. The van der Waals surface area contributed by atoms with Crippen LogP contribution in [-0.2, 0) is 5.41 Å². The fourth-order valence-corrected chi connectivity index (χ4v) is 6.21. The highest BCUT2D eigenvalue weighted by Gasteiger charge is 2.38. The molecule has 274 valence electrons. The van der Waals surface area contributed by atoms with Crippen molar-refractivity contribution in [1.82, 2.24) is 5.32 Å². The highest BCUT2D eigenvalue weighted by molar-refractivity contribution is 7.10. The van der Waals surface area contributed by atoms with Crippen LogP contribution in [0.4, 0.5) is 5.69 Å². The largest absolute Gasteiger partial charge is 0.457 e. The monoisotopic (exact) mass is 704 g/mol. The molecule has 4 heteroatoms. The molecule has 0 spiro atoms. The van der Waals surface area contributed by atoms with Crippen LogP contribution in [0.2, 0.25) is 0 Å². The third-order valence-electron chi connectivity index (χ3n) is 8.39. The lowest BCUT2D eigenvalue weighted by Crippen LogP contribution is -2.25. The molecule has 1 aliphatic carbocycles. The summed E-state index contributed by atoms with van der Waals surface area (Å²) in [5, 5.41) is 9.04. The highest BCUT2D eigenvalue weighted by Crippen LogP contribution is 2.40. The van der Waals surface area contributed by atoms with E-state index < -0.39 is 0 Å². The zero-order valence-corrected chi connectivity index (χ0v) is 33.9. The average molecular weight is 705 g/mol. The zero-order chi connectivity index (χ0) is 37.4. The molecular weight excluding hydrogens is 641 g/mol. The van der Waals surface area contributed by atoms with Gasteiger partial charge in [-0.25, -0.2) is 0 Å². The predicted octanol–water partition coefficient (Wildman–Crippen LogP) is 13.8. The molecule has 1 saturated carbocycles. The summed E-state index contributed by atoms with van der Waals surface area (Å²) >= 11 is 1.83. The van der Waals surface area contributed by atoms with E-state index in [4.69, 9.17) is 4.74 Å². The number of hydrogen-bond donors (Lipinski definition) is 2. The molecule has 2 atom stereocenters. The second kappa shape index (κ2) is 20.9. The lowest BCUT2D eigenvalue weighted by Gasteiger charge is -2.19. The Morgan fingerprint density at radius 3 is 1.73 bits per heavy atom. The number of rotatable bonds is 9. The van der Waals surface area contributed by atoms with E-state index in [2.05, 4.69) is 159 Å². The van der Waals surface area contributed by atoms with Crippen LogP contribution in [0.15, 0.2) is 127 Å². The minimum Gasteiger partial charge on any atom is -0.457 e. The van der Waals surface area contributed by atoms with Crippen molar-refractivity contribution >= 4 is 17.0 Å². The first kappa shape index (κ1) is 41.6. The lowest BCUT2D eigenvalue weighted by molar-refractivity contribution is 0.483. The average Bonchev–Trinajstić information content (AvgIpc) is 3.60. The first-order chi connectivity index (χ1) is 24.2. The van der Waals surface area contributed by atoms with Gasteiger partial charge in [-0.3, -0.25) is 0 Å². The molecule has 51 heavy (non-hydrogen) atoms. The molecule has 0 aliphatic heterocycles. The Morgan fingerprint density at radius 2 is 1.24 bits per heavy atom. The second-order valence-electron chi connectivity index (χ2n) is 15.6. The predicted molar refractivity (Wildman–Crippen MR) is 225 cm³/mol. The molecule has 0 bridgehead atoms. The number of benzene rings is 4. The normalized spacial score (nSPS) is 14.9. The molecular formula is C47H64N2OS. The third-order valence-corrected chi connectivity index (χ3v) is 9.56. The molecule has 0 saturated heterocycles. The van der Waals surface area contributed by atoms with Crippen molar-refractivity contribution in [3.63, 3.8) is 0 Å². The van der Waals surface area contributed by atoms with E-state index in [1.165, 1.54) is 28.0 Å². The molecule has 6 rings (SSSR count). The summed E-state index contributed by atoms with van der Waals surface area (Å²) in [6, 6.07) is 43.6. The maximum atomic E-state index is 5.76. The smallest absolute Gasteiger partial charge is 0.129 e. The van der Waals surface area contributed by atoms with Gasteiger partial charge in [-0.15, -0.1) is 11.3 Å². The van der Waals surface area contributed by atoms with Crippen molar-refractivity contribution in [1.29, 1.82) is 0 Å². The number of anilines is 1. The van der Waals surface area contributed by atoms with Gasteiger partial charge in [-0.05, 0) is 89.9 Å². The summed E-state index contributed by atoms with van der Waals surface area (Å²) in [6.07, 6.45) is 1.31. The van der Waals surface area contributed by atoms with Gasteiger partial charge in [0, 0.05) is 40.7 Å². The minimum absolute atomic E-state index is 0.273. The van der Waals surface area contributed by atoms with Crippen LogP contribution < -0.4 is 15.4 Å². The second-order valence-corrected chi connectivity index (χ2v) is 16.6. The number of nitrogens with one attached hydrogen (secondary N) is 2. The van der Waals surface area contributed by atoms with Gasteiger partial charge in [0.25, 0.3) is 0 Å². The summed E-state index contributed by atoms with van der Waals surface area (Å²) < 4.78 is 5.76. The van der Waals surface area contributed by atoms with Gasteiger partial charge in [0.15, 0.2) is 0 Å². The van der Waals surface area contributed by atoms with Crippen molar-refractivity contribution in [2.75, 3.05) is 5.32 Å². The van der Waals surface area contributed by atoms with Gasteiger partial charge in [0.05, 0.1) is 0 Å². The van der Waals surface area contributed by atoms with Gasteiger partial charge in [0.2, 0.25) is 0 Å². The molecule has 5 aromatic rings. The van der Waals surface area contributed by atoms with E-state index in [0.717, 1.165) is 29.1 Å². The van der Waals surface area contributed by atoms with Crippen LogP contribution in [0.25, 0.3) is 0 Å². The maximum Gasteiger partial charge on any atom is 0.129 e. The lowest BCUT2D eigenvalue weighted by atomic mass is 9.86. The first-order valence-electron chi connectivity index (χ1n) is 18.8. The standard InChI is InChI=1S/C15H17NO.C13H20.C12H17N.C7H10S/c1-12(2)16-13-7-6-10-15(11-13)17-14-8-4-3-5-9-14;1-10(2)11-6-8-12(9-7-11)13(3,4)5;1-9(2)13-12-8-11(12)10-6-4-3-5-7-10;1-6(2)7-4-3-5-8-7/h3-12,16H,1-2H3;6-10H,1-5H3;3-7,9,11-13H,8H2,1-2H3;3-6H,1-2H3. The quantitative estimate of drug-likeness (QED) is 0.160. The fourth-order valence-electron chi connectivity index (χ4n) is 5.47. The number of hydrogen-bond acceptors (Lipinski definition) is 4. The van der Waals surface area contributed by atoms with Crippen LogP contribution in [0.1, 0.15) is 122 Å². The van der Waals surface area contributed by atoms with Crippen molar-refractivity contribution in [3.8, 4) is 11.5 Å². The van der Waals surface area contributed by atoms with Crippen molar-refractivity contribution in [2.24, 2.45) is 0 Å². The summed E-state index contributed by atoms with van der Waals surface area (Å²) in [5.74, 6) is 3.81. The van der Waals surface area contributed by atoms with Crippen LogP contribution in [0.5, 0.6) is 11.5 Å². The Morgan fingerprint density at radius 1 is 0.627 bits per heavy atom. The van der Waals surface area contributed by atoms with E-state index in [1.54, 1.807) is 0 Å². The zero-order valence-electron chi connectivity index (χ0n) is 33.1. The molecule has 1 heterocycles. The van der Waals surface area contributed by atoms with Gasteiger partial charge in [-0.1, -0.05) is 147 Å². The molecule has 0 amide bonds. The SMILES string of the molecule is CC(C)NC1CC1c1ccccc1.CC(C)Nc1cccc(Oc2ccccc2)c1.CC(C)c1ccc(C(C)(C)C)cc1.CC(C)c1cccs1. The molecule has 1 fully saturated rings. The Balaban J connectivity index is 0.000000189. The Bertz CT molecular complexity index is 1620. The van der Waals surface area contributed by atoms with E-state index in [9.17, 15) is 0 Å². The molecule has 3 nitrogen and oxygen atoms in total. The topological polar surface area (TPSA) is 33.3 Å². The van der Waals surface area contributed by atoms with Crippen LogP contribution in [-0.4, -0.2) is 18.1 Å². The van der Waals surface area contributed by atoms with Gasteiger partial charge >= 0.3 is 0 Å². The van der Waals surface area contributed by atoms with Crippen molar-refractivity contribution < 1.29 is 4.74 Å². The summed E-state index contributed by atoms with van der Waals surface area (Å²) in [7, 11) is 0. The molecule has 2 N–H and O–H groups in total. The number of ether oxygens (including phenoxy) is 1. The minimum atomic E-state index is 0.273. The third kappa shape index (κ3) is 15.9. The van der Waals surface area contributed by atoms with Crippen molar-refractivity contribution in [3.05, 3.63) is 148 Å². The molecule has 1 aromatic heterocycles. The first-order valence-corrected chi connectivity index (χ1v) is 19.6. The van der Waals surface area contributed by atoms with Crippen LogP contribution in [0.3, 0.4) is 0 Å². The molecule has 4 aromatic carbocycles. The molecule has 2 unspecified atom stereocenters. The van der Waals surface area contributed by atoms with Gasteiger partial charge < -0.3 is 15.4 Å². The molecule has 1 aliphatic rings. The fraction of sp³-hybridized carbons (Fsp3) is 0.404.